The molecule has 6 heteroatoms. The fourth-order valence-electron chi connectivity index (χ4n) is 1.88. The molecular weight excluding hydrogens is 276 g/mol. The van der Waals surface area contributed by atoms with Crippen molar-refractivity contribution in [1.29, 1.82) is 0 Å². The van der Waals surface area contributed by atoms with Gasteiger partial charge < -0.3 is 10.1 Å². The number of nitro benzene ring substituents is 1. The molecule has 1 heterocycles. The Bertz CT molecular complexity index is 610. The van der Waals surface area contributed by atoms with Crippen molar-refractivity contribution in [2.75, 3.05) is 11.9 Å². The van der Waals surface area contributed by atoms with E-state index in [1.165, 1.54) is 5.56 Å². The molecule has 2 aromatic rings. The molecule has 5 nitrogen and oxygen atoms in total. The summed E-state index contributed by atoms with van der Waals surface area (Å²) in [6, 6.07) is 5.06. The predicted molar refractivity (Wildman–Crippen MR) is 80.6 cm³/mol. The normalized spacial score (nSPS) is 10.3. The van der Waals surface area contributed by atoms with Crippen molar-refractivity contribution in [3.63, 3.8) is 0 Å². The zero-order valence-electron chi connectivity index (χ0n) is 11.4. The highest BCUT2D eigenvalue weighted by Gasteiger charge is 2.20. The molecule has 20 heavy (non-hydrogen) atoms. The zero-order chi connectivity index (χ0) is 14.5. The minimum Gasteiger partial charge on any atom is -0.487 e. The maximum absolute atomic E-state index is 11.2. The highest BCUT2D eigenvalue weighted by molar-refractivity contribution is 7.08. The van der Waals surface area contributed by atoms with Crippen LogP contribution in [-0.4, -0.2) is 11.5 Å². The molecule has 0 aliphatic rings. The van der Waals surface area contributed by atoms with Gasteiger partial charge in [-0.15, -0.1) is 0 Å². The molecule has 0 atom stereocenters. The Morgan fingerprint density at radius 3 is 2.80 bits per heavy atom. The Kier molecular flexibility index (Phi) is 4.57. The average Bonchev–Trinajstić information content (AvgIpc) is 2.82. The van der Waals surface area contributed by atoms with Crippen LogP contribution in [0.2, 0.25) is 0 Å². The van der Waals surface area contributed by atoms with Crippen LogP contribution in [0.5, 0.6) is 5.75 Å². The van der Waals surface area contributed by atoms with E-state index < -0.39 is 4.92 Å². The summed E-state index contributed by atoms with van der Waals surface area (Å²) in [6.07, 6.45) is 0. The van der Waals surface area contributed by atoms with Crippen molar-refractivity contribution >= 4 is 22.7 Å². The molecule has 106 valence electrons. The van der Waals surface area contributed by atoms with Crippen LogP contribution in [-0.2, 0) is 6.54 Å². The second-order valence-corrected chi connectivity index (χ2v) is 5.02. The summed E-state index contributed by atoms with van der Waals surface area (Å²) in [6.45, 7) is 4.79. The summed E-state index contributed by atoms with van der Waals surface area (Å²) in [5.41, 5.74) is 2.80. The van der Waals surface area contributed by atoms with Gasteiger partial charge in [-0.05, 0) is 47.9 Å². The monoisotopic (exact) mass is 292 g/mol. The number of aryl methyl sites for hydroxylation is 1. The van der Waals surface area contributed by atoms with E-state index in [9.17, 15) is 10.1 Å². The van der Waals surface area contributed by atoms with E-state index in [1.807, 2.05) is 12.3 Å². The van der Waals surface area contributed by atoms with Gasteiger partial charge in [0.2, 0.25) is 0 Å². The maximum Gasteiger partial charge on any atom is 0.333 e. The Morgan fingerprint density at radius 1 is 1.40 bits per heavy atom. The molecule has 0 aliphatic heterocycles. The third-order valence-corrected chi connectivity index (χ3v) is 3.82. The van der Waals surface area contributed by atoms with E-state index in [4.69, 9.17) is 4.74 Å². The van der Waals surface area contributed by atoms with E-state index in [0.29, 0.717) is 24.6 Å². The number of rotatable bonds is 6. The molecule has 0 radical (unpaired) electrons. The largest absolute Gasteiger partial charge is 0.487 e. The van der Waals surface area contributed by atoms with Crippen LogP contribution in [0.15, 0.2) is 29.0 Å². The number of nitrogens with one attached hydrogen (secondary N) is 1. The second-order valence-electron chi connectivity index (χ2n) is 4.28. The highest BCUT2D eigenvalue weighted by atomic mass is 32.1. The Morgan fingerprint density at radius 2 is 2.20 bits per heavy atom. The van der Waals surface area contributed by atoms with Gasteiger partial charge in [0.1, 0.15) is 5.69 Å². The van der Waals surface area contributed by atoms with Crippen molar-refractivity contribution in [2.45, 2.75) is 20.4 Å². The maximum atomic E-state index is 11.2. The molecule has 1 aromatic carbocycles. The number of para-hydroxylation sites is 1. The lowest BCUT2D eigenvalue weighted by atomic mass is 10.2. The van der Waals surface area contributed by atoms with Gasteiger partial charge in [-0.1, -0.05) is 6.07 Å². The van der Waals surface area contributed by atoms with Gasteiger partial charge in [0.05, 0.1) is 11.5 Å². The molecule has 2 rings (SSSR count). The fourth-order valence-corrected chi connectivity index (χ4v) is 2.74. The van der Waals surface area contributed by atoms with Crippen molar-refractivity contribution in [1.82, 2.24) is 0 Å². The van der Waals surface area contributed by atoms with E-state index in [0.717, 1.165) is 5.56 Å². The first-order valence-corrected chi connectivity index (χ1v) is 7.23. The van der Waals surface area contributed by atoms with E-state index >= 15 is 0 Å². The van der Waals surface area contributed by atoms with Gasteiger partial charge in [-0.25, -0.2) is 0 Å². The van der Waals surface area contributed by atoms with Gasteiger partial charge in [0.25, 0.3) is 0 Å². The van der Waals surface area contributed by atoms with Gasteiger partial charge in [-0.3, -0.25) is 10.1 Å². The topological polar surface area (TPSA) is 64.4 Å². The summed E-state index contributed by atoms with van der Waals surface area (Å²) in [7, 11) is 0. The molecule has 0 saturated heterocycles. The number of hydrogen-bond donors (Lipinski definition) is 1. The summed E-state index contributed by atoms with van der Waals surface area (Å²) in [4.78, 5) is 10.8. The summed E-state index contributed by atoms with van der Waals surface area (Å²) >= 11 is 1.62. The molecule has 0 bridgehead atoms. The number of hydrogen-bond acceptors (Lipinski definition) is 5. The summed E-state index contributed by atoms with van der Waals surface area (Å²) in [5.74, 6) is 0.296. The Hall–Kier alpha value is -2.08. The number of thiophene rings is 1. The van der Waals surface area contributed by atoms with E-state index in [1.54, 1.807) is 36.5 Å². The van der Waals surface area contributed by atoms with Crippen LogP contribution in [0.3, 0.4) is 0 Å². The third-order valence-electron chi connectivity index (χ3n) is 2.91. The molecule has 0 fully saturated rings. The van der Waals surface area contributed by atoms with Crippen molar-refractivity contribution in [2.24, 2.45) is 0 Å². The summed E-state index contributed by atoms with van der Waals surface area (Å²) < 4.78 is 5.32. The molecule has 1 N–H and O–H groups in total. The third kappa shape index (κ3) is 3.08. The lowest BCUT2D eigenvalue weighted by Crippen LogP contribution is -2.05. The molecule has 0 saturated carbocycles. The predicted octanol–water partition coefficient (Wildman–Crippen LogP) is 3.98. The first kappa shape index (κ1) is 14.3. The van der Waals surface area contributed by atoms with Crippen LogP contribution in [0, 0.1) is 17.0 Å². The molecule has 1 aromatic heterocycles. The first-order chi connectivity index (χ1) is 9.63. The Labute approximate surface area is 121 Å². The lowest BCUT2D eigenvalue weighted by Gasteiger charge is -2.10. The quantitative estimate of drug-likeness (QED) is 0.646. The fraction of sp³-hybridized carbons (Fsp3) is 0.286. The minimum atomic E-state index is -0.409. The van der Waals surface area contributed by atoms with Crippen LogP contribution in [0.25, 0.3) is 0 Å². The number of benzene rings is 1. The first-order valence-electron chi connectivity index (χ1n) is 6.29. The van der Waals surface area contributed by atoms with Crippen LogP contribution in [0.4, 0.5) is 11.4 Å². The van der Waals surface area contributed by atoms with Crippen molar-refractivity contribution in [3.05, 3.63) is 50.2 Å². The second kappa shape index (κ2) is 6.38. The van der Waals surface area contributed by atoms with E-state index in [2.05, 4.69) is 10.7 Å². The van der Waals surface area contributed by atoms with Crippen LogP contribution in [0.1, 0.15) is 18.1 Å². The highest BCUT2D eigenvalue weighted by Crippen LogP contribution is 2.35. The van der Waals surface area contributed by atoms with Crippen molar-refractivity contribution in [3.8, 4) is 5.75 Å². The molecule has 0 spiro atoms. The van der Waals surface area contributed by atoms with Crippen LogP contribution >= 0.6 is 11.3 Å². The van der Waals surface area contributed by atoms with Gasteiger partial charge in [-0.2, -0.15) is 11.3 Å². The van der Waals surface area contributed by atoms with Gasteiger partial charge in [0, 0.05) is 6.54 Å². The number of ether oxygens (including phenoxy) is 1. The Balaban J connectivity index is 2.24. The number of nitro groups is 1. The molecular formula is C14H16N2O3S. The zero-order valence-corrected chi connectivity index (χ0v) is 12.2. The SMILES string of the molecule is CCOc1cccc(NCc2cscc2C)c1[N+](=O)[O-]. The molecule has 0 unspecified atom stereocenters. The number of anilines is 1. The van der Waals surface area contributed by atoms with E-state index in [-0.39, 0.29) is 5.69 Å². The van der Waals surface area contributed by atoms with Crippen molar-refractivity contribution < 1.29 is 9.66 Å². The standard InChI is InChI=1S/C14H16N2O3S/c1-3-19-13-6-4-5-12(14(13)16(17)18)15-7-11-9-20-8-10(11)2/h4-6,8-9,15H,3,7H2,1-2H3. The smallest absolute Gasteiger partial charge is 0.333 e. The molecule has 0 aliphatic carbocycles. The minimum absolute atomic E-state index is 0.0118. The van der Waals surface area contributed by atoms with Gasteiger partial charge in [0.15, 0.2) is 5.75 Å². The summed E-state index contributed by atoms with van der Waals surface area (Å²) in [5, 5.41) is 18.5. The average molecular weight is 292 g/mol. The lowest BCUT2D eigenvalue weighted by molar-refractivity contribution is -0.384. The van der Waals surface area contributed by atoms with Gasteiger partial charge >= 0.3 is 5.69 Å². The molecule has 0 amide bonds. The van der Waals surface area contributed by atoms with Crippen LogP contribution < -0.4 is 10.1 Å². The number of nitrogens with zero attached hydrogens (tertiary/aromatic N) is 1.